The summed E-state index contributed by atoms with van der Waals surface area (Å²) in [6, 6.07) is 4.26. The van der Waals surface area contributed by atoms with Crippen molar-refractivity contribution in [3.63, 3.8) is 0 Å². The average Bonchev–Trinajstić information content (AvgIpc) is 2.42. The van der Waals surface area contributed by atoms with E-state index in [9.17, 15) is 0 Å². The van der Waals surface area contributed by atoms with Gasteiger partial charge in [-0.15, -0.1) is 0 Å². The maximum Gasteiger partial charge on any atom is 0.129 e. The van der Waals surface area contributed by atoms with Crippen molar-refractivity contribution in [1.82, 2.24) is 9.88 Å². The van der Waals surface area contributed by atoms with Crippen molar-refractivity contribution in [2.75, 3.05) is 38.6 Å². The van der Waals surface area contributed by atoms with Crippen LogP contribution in [0.1, 0.15) is 44.4 Å². The van der Waals surface area contributed by atoms with Gasteiger partial charge in [-0.2, -0.15) is 0 Å². The molecule has 114 valence electrons. The van der Waals surface area contributed by atoms with Gasteiger partial charge in [0, 0.05) is 25.3 Å². The lowest BCUT2D eigenvalue weighted by molar-refractivity contribution is 0.400. The molecule has 2 N–H and O–H groups in total. The van der Waals surface area contributed by atoms with Crippen LogP contribution in [-0.2, 0) is 6.54 Å². The van der Waals surface area contributed by atoms with Crippen molar-refractivity contribution < 1.29 is 0 Å². The Hall–Kier alpha value is -1.13. The van der Waals surface area contributed by atoms with E-state index >= 15 is 0 Å². The largest absolute Gasteiger partial charge is 0.357 e. The topological polar surface area (TPSA) is 45.4 Å². The number of pyridine rings is 1. The highest BCUT2D eigenvalue weighted by Crippen LogP contribution is 2.20. The maximum atomic E-state index is 5.82. The van der Waals surface area contributed by atoms with Gasteiger partial charge in [0.25, 0.3) is 0 Å². The second-order valence-electron chi connectivity index (χ2n) is 5.85. The van der Waals surface area contributed by atoms with Gasteiger partial charge in [-0.25, -0.2) is 4.98 Å². The van der Waals surface area contributed by atoms with Crippen molar-refractivity contribution in [2.24, 2.45) is 5.73 Å². The summed E-state index contributed by atoms with van der Waals surface area (Å²) in [4.78, 5) is 9.37. The molecule has 0 saturated carbocycles. The van der Waals surface area contributed by atoms with Crippen LogP contribution in [0.25, 0.3) is 0 Å². The number of aromatic nitrogens is 1. The Balaban J connectivity index is 2.87. The molecule has 0 unspecified atom stereocenters. The van der Waals surface area contributed by atoms with E-state index in [-0.39, 0.29) is 0 Å². The summed E-state index contributed by atoms with van der Waals surface area (Å²) in [6.45, 7) is 10.2. The second-order valence-corrected chi connectivity index (χ2v) is 5.85. The van der Waals surface area contributed by atoms with E-state index in [4.69, 9.17) is 10.7 Å². The zero-order valence-corrected chi connectivity index (χ0v) is 13.7. The minimum Gasteiger partial charge on any atom is -0.357 e. The lowest BCUT2D eigenvalue weighted by atomic mass is 10.1. The van der Waals surface area contributed by atoms with Gasteiger partial charge in [0.15, 0.2) is 0 Å². The predicted octanol–water partition coefficient (Wildman–Crippen LogP) is 2.44. The van der Waals surface area contributed by atoms with E-state index in [0.717, 1.165) is 37.6 Å². The van der Waals surface area contributed by atoms with Crippen molar-refractivity contribution in [3.05, 3.63) is 23.4 Å². The smallest absolute Gasteiger partial charge is 0.129 e. The number of hydrogen-bond acceptors (Lipinski definition) is 4. The van der Waals surface area contributed by atoms with Gasteiger partial charge in [-0.3, -0.25) is 0 Å². The Kier molecular flexibility index (Phi) is 6.96. The van der Waals surface area contributed by atoms with Crippen LogP contribution in [0, 0.1) is 0 Å². The molecule has 1 heterocycles. The van der Waals surface area contributed by atoms with Crippen LogP contribution in [-0.4, -0.2) is 43.6 Å². The second kappa shape index (κ2) is 8.22. The van der Waals surface area contributed by atoms with Gasteiger partial charge >= 0.3 is 0 Å². The number of nitrogens with two attached hydrogens (primary N) is 1. The molecule has 0 fully saturated rings. The minimum atomic E-state index is 0.431. The van der Waals surface area contributed by atoms with E-state index in [2.05, 4.69) is 56.8 Å². The summed E-state index contributed by atoms with van der Waals surface area (Å²) in [6.07, 6.45) is 1.15. The van der Waals surface area contributed by atoms with Crippen LogP contribution in [0.2, 0.25) is 0 Å². The number of rotatable bonds is 8. The Morgan fingerprint density at radius 2 is 1.90 bits per heavy atom. The van der Waals surface area contributed by atoms with Crippen LogP contribution >= 0.6 is 0 Å². The first-order chi connectivity index (χ1) is 9.47. The zero-order valence-electron chi connectivity index (χ0n) is 13.7. The first-order valence-corrected chi connectivity index (χ1v) is 7.58. The van der Waals surface area contributed by atoms with E-state index in [1.165, 1.54) is 5.56 Å². The first kappa shape index (κ1) is 16.9. The van der Waals surface area contributed by atoms with Crippen molar-refractivity contribution in [2.45, 2.75) is 39.7 Å². The van der Waals surface area contributed by atoms with Crippen molar-refractivity contribution in [3.8, 4) is 0 Å². The fourth-order valence-corrected chi connectivity index (χ4v) is 2.18. The summed E-state index contributed by atoms with van der Waals surface area (Å²) in [5.74, 6) is 1.50. The highest BCUT2D eigenvalue weighted by atomic mass is 15.2. The summed E-state index contributed by atoms with van der Waals surface area (Å²) in [5, 5.41) is 0. The van der Waals surface area contributed by atoms with Crippen molar-refractivity contribution in [1.29, 1.82) is 0 Å². The Bertz CT molecular complexity index is 401. The van der Waals surface area contributed by atoms with Crippen LogP contribution in [0.15, 0.2) is 12.1 Å². The van der Waals surface area contributed by atoms with Gasteiger partial charge in [0.2, 0.25) is 0 Å². The van der Waals surface area contributed by atoms with Gasteiger partial charge in [0.1, 0.15) is 5.82 Å². The standard InChI is InChI=1S/C16H30N4/c1-6-20(9-7-8-19(4)5)16-11-14(12-17)10-15(18-16)13(2)3/h10-11,13H,6-9,12,17H2,1-5H3. The van der Waals surface area contributed by atoms with E-state index in [1.54, 1.807) is 0 Å². The van der Waals surface area contributed by atoms with Crippen LogP contribution in [0.4, 0.5) is 5.82 Å². The molecule has 0 aliphatic heterocycles. The third kappa shape index (κ3) is 5.10. The Labute approximate surface area is 124 Å². The number of hydrogen-bond donors (Lipinski definition) is 1. The maximum absolute atomic E-state index is 5.82. The fourth-order valence-electron chi connectivity index (χ4n) is 2.18. The molecule has 4 nitrogen and oxygen atoms in total. The summed E-state index contributed by atoms with van der Waals surface area (Å²) in [5.41, 5.74) is 8.12. The molecule has 0 atom stereocenters. The van der Waals surface area contributed by atoms with E-state index < -0.39 is 0 Å². The molecular formula is C16H30N4. The fraction of sp³-hybridized carbons (Fsp3) is 0.688. The summed E-state index contributed by atoms with van der Waals surface area (Å²) >= 11 is 0. The number of nitrogens with zero attached hydrogens (tertiary/aromatic N) is 3. The molecular weight excluding hydrogens is 248 g/mol. The van der Waals surface area contributed by atoms with E-state index in [1.807, 2.05) is 0 Å². The normalized spacial score (nSPS) is 11.4. The van der Waals surface area contributed by atoms with Crippen LogP contribution < -0.4 is 10.6 Å². The highest BCUT2D eigenvalue weighted by Gasteiger charge is 2.10. The molecule has 0 aromatic carbocycles. The Morgan fingerprint density at radius 1 is 1.20 bits per heavy atom. The first-order valence-electron chi connectivity index (χ1n) is 7.58. The third-order valence-corrected chi connectivity index (χ3v) is 3.46. The van der Waals surface area contributed by atoms with Gasteiger partial charge in [-0.05, 0) is 57.6 Å². The highest BCUT2D eigenvalue weighted by molar-refractivity contribution is 5.43. The molecule has 0 aliphatic carbocycles. The van der Waals surface area contributed by atoms with Crippen LogP contribution in [0.3, 0.4) is 0 Å². The lowest BCUT2D eigenvalue weighted by Gasteiger charge is -2.24. The quantitative estimate of drug-likeness (QED) is 0.793. The average molecular weight is 278 g/mol. The number of anilines is 1. The molecule has 4 heteroatoms. The molecule has 0 amide bonds. The molecule has 1 rings (SSSR count). The van der Waals surface area contributed by atoms with E-state index in [0.29, 0.717) is 12.5 Å². The van der Waals surface area contributed by atoms with Crippen molar-refractivity contribution >= 4 is 5.82 Å². The molecule has 0 bridgehead atoms. The minimum absolute atomic E-state index is 0.431. The summed E-state index contributed by atoms with van der Waals surface area (Å²) < 4.78 is 0. The molecule has 0 radical (unpaired) electrons. The molecule has 20 heavy (non-hydrogen) atoms. The molecule has 0 saturated heterocycles. The lowest BCUT2D eigenvalue weighted by Crippen LogP contribution is -2.28. The summed E-state index contributed by atoms with van der Waals surface area (Å²) in [7, 11) is 4.22. The SMILES string of the molecule is CCN(CCCN(C)C)c1cc(CN)cc(C(C)C)n1. The molecule has 1 aromatic heterocycles. The monoisotopic (exact) mass is 278 g/mol. The zero-order chi connectivity index (χ0) is 15.1. The molecule has 1 aromatic rings. The van der Waals surface area contributed by atoms with Crippen LogP contribution in [0.5, 0.6) is 0 Å². The predicted molar refractivity (Wildman–Crippen MR) is 87.3 cm³/mol. The third-order valence-electron chi connectivity index (χ3n) is 3.46. The van der Waals surface area contributed by atoms with Gasteiger partial charge in [-0.1, -0.05) is 13.8 Å². The Morgan fingerprint density at radius 3 is 2.40 bits per heavy atom. The molecule has 0 spiro atoms. The van der Waals surface area contributed by atoms with Gasteiger partial charge in [0.05, 0.1) is 0 Å². The molecule has 0 aliphatic rings. The van der Waals surface area contributed by atoms with Gasteiger partial charge < -0.3 is 15.5 Å².